The number of carbonyl (C=O) groups is 2. The fourth-order valence-electron chi connectivity index (χ4n) is 6.27. The second-order valence-corrected chi connectivity index (χ2v) is 10.8. The van der Waals surface area contributed by atoms with Crippen LogP contribution in [0.1, 0.15) is 32.1 Å². The van der Waals surface area contributed by atoms with Crippen LogP contribution < -0.4 is 10.6 Å². The van der Waals surface area contributed by atoms with Crippen molar-refractivity contribution in [3.8, 4) is 0 Å². The van der Waals surface area contributed by atoms with Gasteiger partial charge in [0, 0.05) is 23.2 Å². The first kappa shape index (κ1) is 22.1. The molecule has 3 fully saturated rings. The van der Waals surface area contributed by atoms with Gasteiger partial charge >= 0.3 is 0 Å². The Kier molecular flexibility index (Phi) is 6.14. The van der Waals surface area contributed by atoms with Crippen molar-refractivity contribution < 1.29 is 14.0 Å². The van der Waals surface area contributed by atoms with Crippen LogP contribution in [0.5, 0.6) is 0 Å². The van der Waals surface area contributed by atoms with Crippen LogP contribution in [0.2, 0.25) is 0 Å². The third-order valence-corrected chi connectivity index (χ3v) is 8.50. The summed E-state index contributed by atoms with van der Waals surface area (Å²) in [7, 11) is 0. The van der Waals surface area contributed by atoms with E-state index in [2.05, 4.69) is 43.6 Å². The summed E-state index contributed by atoms with van der Waals surface area (Å²) in [5, 5.41) is 5.99. The lowest BCUT2D eigenvalue weighted by molar-refractivity contribution is -0.132. The molecule has 1 heterocycles. The number of hydrogen-bond donors (Lipinski definition) is 2. The van der Waals surface area contributed by atoms with Crippen LogP contribution in [0, 0.1) is 29.1 Å². The maximum atomic E-state index is 14.4. The molecule has 2 saturated carbocycles. The summed E-state index contributed by atoms with van der Waals surface area (Å²) in [5.74, 6) is -0.714. The maximum Gasteiger partial charge on any atom is 0.228 e. The molecule has 3 aliphatic carbocycles. The largest absolute Gasteiger partial charge is 0.356 e. The van der Waals surface area contributed by atoms with Gasteiger partial charge in [0.1, 0.15) is 6.17 Å². The lowest BCUT2D eigenvalue weighted by Crippen LogP contribution is -2.42. The van der Waals surface area contributed by atoms with Crippen molar-refractivity contribution >= 4 is 33.4 Å². The molecule has 5 atom stereocenters. The van der Waals surface area contributed by atoms with E-state index in [9.17, 15) is 14.0 Å². The number of carbonyl (C=O) groups excluding carboxylic acids is 2. The molecule has 2 amide bonds. The molecule has 0 aromatic heterocycles. The Labute approximate surface area is 197 Å². The van der Waals surface area contributed by atoms with E-state index < -0.39 is 6.17 Å². The molecule has 1 aromatic carbocycles. The van der Waals surface area contributed by atoms with E-state index in [0.717, 1.165) is 48.9 Å². The molecule has 4 aliphatic rings. The topological polar surface area (TPSA) is 61.4 Å². The summed E-state index contributed by atoms with van der Waals surface area (Å²) in [4.78, 5) is 28.7. The summed E-state index contributed by atoms with van der Waals surface area (Å²) in [6.45, 7) is 2.72. The molecule has 5 nitrogen and oxygen atoms in total. The average molecular weight is 504 g/mol. The van der Waals surface area contributed by atoms with Crippen LogP contribution in [0.25, 0.3) is 0 Å². The second kappa shape index (κ2) is 8.90. The number of allylic oxidation sites excluding steroid dienone is 2. The molecule has 5 rings (SSSR count). The van der Waals surface area contributed by atoms with E-state index in [0.29, 0.717) is 19.5 Å². The number of halogens is 2. The summed E-state index contributed by atoms with van der Waals surface area (Å²) in [6, 6.07) is 7.49. The Morgan fingerprint density at radius 1 is 1.06 bits per heavy atom. The number of amides is 2. The molecule has 0 radical (unpaired) electrons. The first-order chi connectivity index (χ1) is 15.5. The van der Waals surface area contributed by atoms with E-state index in [1.807, 2.05) is 24.3 Å². The van der Waals surface area contributed by atoms with Crippen molar-refractivity contribution in [1.82, 2.24) is 10.2 Å². The summed E-state index contributed by atoms with van der Waals surface area (Å²) in [5.41, 5.74) is 0.818. The fourth-order valence-corrected chi connectivity index (χ4v) is 6.54. The number of anilines is 1. The highest BCUT2D eigenvalue weighted by molar-refractivity contribution is 9.10. The third-order valence-electron chi connectivity index (χ3n) is 7.97. The van der Waals surface area contributed by atoms with Crippen LogP contribution in [0.15, 0.2) is 40.9 Å². The predicted octanol–water partition coefficient (Wildman–Crippen LogP) is 4.16. The minimum absolute atomic E-state index is 0.0854. The highest BCUT2D eigenvalue weighted by atomic mass is 79.9. The van der Waals surface area contributed by atoms with Crippen LogP contribution in [-0.4, -0.2) is 49.1 Å². The molecule has 1 aliphatic heterocycles. The minimum Gasteiger partial charge on any atom is -0.356 e. The van der Waals surface area contributed by atoms with Crippen molar-refractivity contribution in [1.29, 1.82) is 0 Å². The van der Waals surface area contributed by atoms with E-state index in [-0.39, 0.29) is 40.9 Å². The van der Waals surface area contributed by atoms with Gasteiger partial charge in [0.2, 0.25) is 11.8 Å². The van der Waals surface area contributed by atoms with E-state index in [4.69, 9.17) is 0 Å². The van der Waals surface area contributed by atoms with Gasteiger partial charge in [-0.05, 0) is 86.7 Å². The van der Waals surface area contributed by atoms with Crippen LogP contribution in [0.4, 0.5) is 10.1 Å². The number of likely N-dealkylation sites (tertiary alicyclic amines) is 1. The van der Waals surface area contributed by atoms with Gasteiger partial charge < -0.3 is 15.5 Å². The van der Waals surface area contributed by atoms with Gasteiger partial charge in [-0.25, -0.2) is 4.39 Å². The van der Waals surface area contributed by atoms with Gasteiger partial charge in [0.15, 0.2) is 0 Å². The van der Waals surface area contributed by atoms with Crippen LogP contribution >= 0.6 is 15.9 Å². The molecule has 1 unspecified atom stereocenters. The van der Waals surface area contributed by atoms with Gasteiger partial charge in [-0.15, -0.1) is 0 Å². The second-order valence-electron chi connectivity index (χ2n) is 9.90. The number of nitrogens with zero attached hydrogens (tertiary/aromatic N) is 1. The summed E-state index contributed by atoms with van der Waals surface area (Å²) < 4.78 is 15.3. The minimum atomic E-state index is -0.931. The van der Waals surface area contributed by atoms with Crippen molar-refractivity contribution in [2.24, 2.45) is 29.1 Å². The van der Waals surface area contributed by atoms with Crippen LogP contribution in [0.3, 0.4) is 0 Å². The lowest BCUT2D eigenvalue weighted by atomic mass is 9.81. The smallest absolute Gasteiger partial charge is 0.228 e. The monoisotopic (exact) mass is 503 g/mol. The molecule has 172 valence electrons. The Morgan fingerprint density at radius 2 is 1.69 bits per heavy atom. The maximum absolute atomic E-state index is 14.4. The van der Waals surface area contributed by atoms with Crippen molar-refractivity contribution in [3.05, 3.63) is 40.9 Å². The molecular weight excluding hydrogens is 473 g/mol. The van der Waals surface area contributed by atoms with Crippen molar-refractivity contribution in [3.63, 3.8) is 0 Å². The highest BCUT2D eigenvalue weighted by Crippen LogP contribution is 2.72. The van der Waals surface area contributed by atoms with Crippen molar-refractivity contribution in [2.45, 2.75) is 38.3 Å². The van der Waals surface area contributed by atoms with Crippen LogP contribution in [-0.2, 0) is 9.59 Å². The molecule has 1 saturated heterocycles. The SMILES string of the molecule is O=C(NCCC(F)CN1CCCC1)[C@H]1[C@H](C(=O)Nc2ccc(Br)cc2)[C@H]2C=C[C@H]1C21CC1. The first-order valence-electron chi connectivity index (χ1n) is 11.9. The Balaban J connectivity index is 1.22. The quantitative estimate of drug-likeness (QED) is 0.523. The van der Waals surface area contributed by atoms with Gasteiger partial charge in [-0.2, -0.15) is 0 Å². The zero-order valence-corrected chi connectivity index (χ0v) is 19.8. The van der Waals surface area contributed by atoms with Gasteiger partial charge in [0.05, 0.1) is 11.8 Å². The summed E-state index contributed by atoms with van der Waals surface area (Å²) >= 11 is 3.41. The first-order valence-corrected chi connectivity index (χ1v) is 12.7. The highest BCUT2D eigenvalue weighted by Gasteiger charge is 2.69. The number of nitrogens with one attached hydrogen (secondary N) is 2. The Bertz CT molecular complexity index is 895. The Morgan fingerprint density at radius 3 is 2.31 bits per heavy atom. The molecule has 1 spiro atoms. The average Bonchev–Trinajstić information content (AvgIpc) is 3.14. The molecule has 2 N–H and O–H groups in total. The zero-order chi connectivity index (χ0) is 22.3. The summed E-state index contributed by atoms with van der Waals surface area (Å²) in [6.07, 6.45) is 8.13. The van der Waals surface area contributed by atoms with Gasteiger partial charge in [-0.3, -0.25) is 9.59 Å². The van der Waals surface area contributed by atoms with Crippen molar-refractivity contribution in [2.75, 3.05) is 31.5 Å². The molecule has 7 heteroatoms. The van der Waals surface area contributed by atoms with E-state index in [1.165, 1.54) is 0 Å². The normalized spacial score (nSPS) is 30.6. The molecule has 2 bridgehead atoms. The molecule has 1 aromatic rings. The zero-order valence-electron chi connectivity index (χ0n) is 18.2. The molecular formula is C25H31BrFN3O2. The number of benzene rings is 1. The van der Waals surface area contributed by atoms with E-state index >= 15 is 0 Å². The molecule has 32 heavy (non-hydrogen) atoms. The fraction of sp³-hybridized carbons (Fsp3) is 0.600. The van der Waals surface area contributed by atoms with E-state index in [1.54, 1.807) is 0 Å². The standard InChI is InChI=1S/C25H31BrFN3O2/c26-16-3-5-18(6-4-16)29-24(32)22-20-8-7-19(25(20)10-11-25)21(22)23(31)28-12-9-17(27)15-30-13-1-2-14-30/h3-8,17,19-22H,1-2,9-15H2,(H,28,31)(H,29,32)/t17?,19-,20-,21-,22-/m1/s1. The number of alkyl halides is 1. The third kappa shape index (κ3) is 4.14. The number of hydrogen-bond acceptors (Lipinski definition) is 3. The predicted molar refractivity (Wildman–Crippen MR) is 126 cm³/mol. The van der Waals surface area contributed by atoms with Gasteiger partial charge in [-0.1, -0.05) is 28.1 Å². The lowest BCUT2D eigenvalue weighted by Gasteiger charge is -2.26. The number of rotatable bonds is 8. The Hall–Kier alpha value is -1.73. The van der Waals surface area contributed by atoms with Gasteiger partial charge in [0.25, 0.3) is 0 Å².